The second-order valence-electron chi connectivity index (χ2n) is 7.73. The van der Waals surface area contributed by atoms with E-state index in [2.05, 4.69) is 45.8 Å². The minimum atomic E-state index is -0.414. The first-order valence-electron chi connectivity index (χ1n) is 9.92. The van der Waals surface area contributed by atoms with Crippen molar-refractivity contribution in [2.24, 2.45) is 14.1 Å². The quantitative estimate of drug-likeness (QED) is 0.316. The summed E-state index contributed by atoms with van der Waals surface area (Å²) in [5.41, 5.74) is 4.92. The van der Waals surface area contributed by atoms with Crippen LogP contribution in [0.5, 0.6) is 0 Å². The van der Waals surface area contributed by atoms with E-state index in [0.29, 0.717) is 10.6 Å². The highest BCUT2D eigenvalue weighted by Gasteiger charge is 2.29. The molecule has 30 heavy (non-hydrogen) atoms. The van der Waals surface area contributed by atoms with Crippen LogP contribution in [-0.4, -0.2) is 14.9 Å². The molecule has 0 N–H and O–H groups in total. The Morgan fingerprint density at radius 1 is 0.733 bits per heavy atom. The van der Waals surface area contributed by atoms with Crippen LogP contribution in [0.15, 0.2) is 85.2 Å². The van der Waals surface area contributed by atoms with Crippen LogP contribution in [0, 0.1) is 0 Å². The third-order valence-electron chi connectivity index (χ3n) is 5.87. The number of hydrogen-bond donors (Lipinski definition) is 0. The average Bonchev–Trinajstić information content (AvgIpc) is 3.27. The number of para-hydroxylation sites is 2. The molecule has 0 fully saturated rings. The van der Waals surface area contributed by atoms with Gasteiger partial charge in [-0.25, -0.2) is 0 Å². The number of aromatic nitrogens is 2. The monoisotopic (exact) mass is 412 g/mol. The fourth-order valence-electron chi connectivity index (χ4n) is 4.44. The zero-order chi connectivity index (χ0) is 20.8. The van der Waals surface area contributed by atoms with Crippen molar-refractivity contribution in [3.63, 3.8) is 0 Å². The first-order valence-corrected chi connectivity index (χ1v) is 10.3. The van der Waals surface area contributed by atoms with Gasteiger partial charge in [-0.15, -0.1) is 0 Å². The van der Waals surface area contributed by atoms with Gasteiger partial charge in [0.05, 0.1) is 5.92 Å². The van der Waals surface area contributed by atoms with Crippen molar-refractivity contribution in [1.29, 1.82) is 0 Å². The molecule has 0 aliphatic heterocycles. The number of fused-ring (bicyclic) bond motifs is 2. The maximum Gasteiger partial charge on any atom is 0.174 e. The lowest BCUT2D eigenvalue weighted by molar-refractivity contribution is 0.0974. The zero-order valence-electron chi connectivity index (χ0n) is 16.8. The molecule has 3 nitrogen and oxygen atoms in total. The minimum Gasteiger partial charge on any atom is -0.350 e. The SMILES string of the molecule is Cn1cc(C(C(=O)c2ccc(Cl)cc2)c2cn(C)c3ccccc23)c2ccccc21. The lowest BCUT2D eigenvalue weighted by atomic mass is 9.84. The summed E-state index contributed by atoms with van der Waals surface area (Å²) in [5.74, 6) is -0.345. The van der Waals surface area contributed by atoms with Crippen molar-refractivity contribution in [2.75, 3.05) is 0 Å². The second-order valence-corrected chi connectivity index (χ2v) is 8.17. The summed E-state index contributed by atoms with van der Waals surface area (Å²) in [5, 5.41) is 2.82. The van der Waals surface area contributed by atoms with Gasteiger partial charge in [0.25, 0.3) is 0 Å². The lowest BCUT2D eigenvalue weighted by Gasteiger charge is -2.16. The minimum absolute atomic E-state index is 0.0689. The molecular weight excluding hydrogens is 392 g/mol. The first-order chi connectivity index (χ1) is 14.5. The fraction of sp³-hybridized carbons (Fsp3) is 0.115. The van der Waals surface area contributed by atoms with Crippen molar-refractivity contribution in [3.8, 4) is 0 Å². The third-order valence-corrected chi connectivity index (χ3v) is 6.12. The highest BCUT2D eigenvalue weighted by molar-refractivity contribution is 6.30. The van der Waals surface area contributed by atoms with Gasteiger partial charge in [0.2, 0.25) is 0 Å². The maximum absolute atomic E-state index is 13.9. The van der Waals surface area contributed by atoms with Gasteiger partial charge in [0, 0.05) is 58.9 Å². The molecule has 5 aromatic rings. The van der Waals surface area contributed by atoms with Crippen molar-refractivity contribution in [3.05, 3.63) is 107 Å². The molecule has 2 heterocycles. The second kappa shape index (κ2) is 7.19. The van der Waals surface area contributed by atoms with Crippen LogP contribution in [0.2, 0.25) is 5.02 Å². The van der Waals surface area contributed by atoms with E-state index in [0.717, 1.165) is 32.9 Å². The van der Waals surface area contributed by atoms with Gasteiger partial charge in [-0.1, -0.05) is 48.0 Å². The molecule has 0 aliphatic carbocycles. The summed E-state index contributed by atoms with van der Waals surface area (Å²) in [6, 6.07) is 23.7. The van der Waals surface area contributed by atoms with E-state index in [9.17, 15) is 4.79 Å². The largest absolute Gasteiger partial charge is 0.350 e. The number of nitrogens with zero attached hydrogens (tertiary/aromatic N) is 2. The van der Waals surface area contributed by atoms with Gasteiger partial charge < -0.3 is 9.13 Å². The van der Waals surface area contributed by atoms with Crippen LogP contribution in [0.1, 0.15) is 27.4 Å². The Hall–Kier alpha value is -3.30. The molecule has 0 radical (unpaired) electrons. The van der Waals surface area contributed by atoms with Gasteiger partial charge in [0.15, 0.2) is 5.78 Å². The summed E-state index contributed by atoms with van der Waals surface area (Å²) in [6.45, 7) is 0. The number of benzene rings is 3. The van der Waals surface area contributed by atoms with E-state index in [1.54, 1.807) is 12.1 Å². The Bertz CT molecular complexity index is 1310. The number of hydrogen-bond acceptors (Lipinski definition) is 1. The van der Waals surface area contributed by atoms with Crippen LogP contribution in [0.25, 0.3) is 21.8 Å². The molecule has 0 unspecified atom stereocenters. The van der Waals surface area contributed by atoms with E-state index in [-0.39, 0.29) is 5.78 Å². The molecule has 0 amide bonds. The Balaban J connectivity index is 1.79. The predicted molar refractivity (Wildman–Crippen MR) is 123 cm³/mol. The number of carbonyl (C=O) groups excluding carboxylic acids is 1. The highest BCUT2D eigenvalue weighted by Crippen LogP contribution is 2.38. The lowest BCUT2D eigenvalue weighted by Crippen LogP contribution is -2.14. The molecule has 148 valence electrons. The Labute approximate surface area is 180 Å². The molecule has 0 atom stereocenters. The standard InChI is InChI=1S/C26H21ClN2O/c1-28-15-21(19-7-3-5-9-23(19)28)25(26(30)17-11-13-18(27)14-12-17)22-16-29(2)24-10-6-4-8-20(22)24/h3-16,25H,1-2H3. The smallest absolute Gasteiger partial charge is 0.174 e. The van der Waals surface area contributed by atoms with E-state index >= 15 is 0 Å². The van der Waals surface area contributed by atoms with E-state index in [1.165, 1.54) is 0 Å². The number of rotatable bonds is 4. The Morgan fingerprint density at radius 3 is 1.70 bits per heavy atom. The Morgan fingerprint density at radius 2 is 1.20 bits per heavy atom. The van der Waals surface area contributed by atoms with Crippen LogP contribution < -0.4 is 0 Å². The maximum atomic E-state index is 13.9. The molecule has 0 aliphatic rings. The van der Waals surface area contributed by atoms with Gasteiger partial charge in [-0.3, -0.25) is 4.79 Å². The van der Waals surface area contributed by atoms with Crippen LogP contribution in [0.3, 0.4) is 0 Å². The van der Waals surface area contributed by atoms with Crippen LogP contribution in [-0.2, 0) is 14.1 Å². The normalized spacial score (nSPS) is 11.6. The predicted octanol–water partition coefficient (Wildman–Crippen LogP) is 6.34. The number of halogens is 1. The number of ketones is 1. The molecule has 4 heteroatoms. The van der Waals surface area contributed by atoms with E-state index < -0.39 is 5.92 Å². The van der Waals surface area contributed by atoms with Crippen molar-refractivity contribution in [1.82, 2.24) is 9.13 Å². The van der Waals surface area contributed by atoms with E-state index in [1.807, 2.05) is 50.5 Å². The van der Waals surface area contributed by atoms with Crippen LogP contribution in [0.4, 0.5) is 0 Å². The average molecular weight is 413 g/mol. The van der Waals surface area contributed by atoms with Crippen molar-refractivity contribution >= 4 is 39.2 Å². The summed E-state index contributed by atoms with van der Waals surface area (Å²) in [7, 11) is 4.05. The molecular formula is C26H21ClN2O. The fourth-order valence-corrected chi connectivity index (χ4v) is 4.56. The summed E-state index contributed by atoms with van der Waals surface area (Å²) < 4.78 is 4.19. The number of aryl methyl sites for hydroxylation is 2. The highest BCUT2D eigenvalue weighted by atomic mass is 35.5. The molecule has 2 aromatic heterocycles. The molecule has 0 saturated carbocycles. The van der Waals surface area contributed by atoms with Gasteiger partial charge in [-0.05, 0) is 47.5 Å². The molecule has 5 rings (SSSR count). The molecule has 0 bridgehead atoms. The summed E-state index contributed by atoms with van der Waals surface area (Å²) in [4.78, 5) is 13.9. The number of carbonyl (C=O) groups is 1. The summed E-state index contributed by atoms with van der Waals surface area (Å²) >= 11 is 6.07. The van der Waals surface area contributed by atoms with Gasteiger partial charge >= 0.3 is 0 Å². The topological polar surface area (TPSA) is 26.9 Å². The molecule has 0 spiro atoms. The van der Waals surface area contributed by atoms with Gasteiger partial charge in [-0.2, -0.15) is 0 Å². The zero-order valence-corrected chi connectivity index (χ0v) is 17.6. The van der Waals surface area contributed by atoms with Crippen molar-refractivity contribution < 1.29 is 4.79 Å². The van der Waals surface area contributed by atoms with Crippen molar-refractivity contribution in [2.45, 2.75) is 5.92 Å². The number of Topliss-reactive ketones (excluding diaryl/α,β-unsaturated/α-hetero) is 1. The molecule has 3 aromatic carbocycles. The Kier molecular flexibility index (Phi) is 4.48. The summed E-state index contributed by atoms with van der Waals surface area (Å²) in [6.07, 6.45) is 4.18. The first kappa shape index (κ1) is 18.7. The van der Waals surface area contributed by atoms with E-state index in [4.69, 9.17) is 11.6 Å². The van der Waals surface area contributed by atoms with Crippen LogP contribution >= 0.6 is 11.6 Å². The van der Waals surface area contributed by atoms with Gasteiger partial charge in [0.1, 0.15) is 0 Å². The third kappa shape index (κ3) is 2.94. The molecule has 0 saturated heterocycles.